The van der Waals surface area contributed by atoms with Crippen molar-refractivity contribution in [2.45, 2.75) is 0 Å². The van der Waals surface area contributed by atoms with Crippen molar-refractivity contribution in [3.8, 4) is 0 Å². The lowest BCUT2D eigenvalue weighted by molar-refractivity contribution is 0.101. The number of hydrogen-bond acceptors (Lipinski definition) is 5. The highest BCUT2D eigenvalue weighted by Crippen LogP contribution is 2.16. The number of aromatic nitrogens is 1. The molecule has 1 aromatic heterocycles. The summed E-state index contributed by atoms with van der Waals surface area (Å²) < 4.78 is 24.8. The standard InChI is InChI=1S/C20H18N4O4S/c1-29(27,28)24-17-11-9-16(10-12-17)22-19(25)14-5-7-15(8-6-14)23-20(26)18-4-2-3-13-21-18/h2-13,24H,1H3,(H,22,25)(H,23,26). The number of amides is 2. The first-order valence-corrected chi connectivity index (χ1v) is 10.4. The Balaban J connectivity index is 1.61. The molecule has 0 atom stereocenters. The van der Waals surface area contributed by atoms with Gasteiger partial charge in [0.2, 0.25) is 10.0 Å². The van der Waals surface area contributed by atoms with Crippen LogP contribution >= 0.6 is 0 Å². The molecule has 3 rings (SSSR count). The first kappa shape index (κ1) is 20.0. The monoisotopic (exact) mass is 410 g/mol. The molecule has 0 aliphatic carbocycles. The van der Waals surface area contributed by atoms with E-state index in [4.69, 9.17) is 0 Å². The zero-order valence-corrected chi connectivity index (χ0v) is 16.2. The van der Waals surface area contributed by atoms with Gasteiger partial charge in [-0.1, -0.05) is 6.07 Å². The fourth-order valence-corrected chi connectivity index (χ4v) is 3.00. The Hall–Kier alpha value is -3.72. The van der Waals surface area contributed by atoms with Gasteiger partial charge >= 0.3 is 0 Å². The molecule has 29 heavy (non-hydrogen) atoms. The van der Waals surface area contributed by atoms with E-state index in [9.17, 15) is 18.0 Å². The highest BCUT2D eigenvalue weighted by Gasteiger charge is 2.09. The Morgan fingerprint density at radius 2 is 1.31 bits per heavy atom. The summed E-state index contributed by atoms with van der Waals surface area (Å²) >= 11 is 0. The predicted octanol–water partition coefficient (Wildman–Crippen LogP) is 2.96. The van der Waals surface area contributed by atoms with E-state index in [0.29, 0.717) is 28.3 Å². The number of benzene rings is 2. The highest BCUT2D eigenvalue weighted by atomic mass is 32.2. The van der Waals surface area contributed by atoms with Crippen molar-refractivity contribution in [1.29, 1.82) is 0 Å². The molecule has 3 N–H and O–H groups in total. The van der Waals surface area contributed by atoms with Crippen molar-refractivity contribution in [2.75, 3.05) is 21.6 Å². The van der Waals surface area contributed by atoms with Crippen LogP contribution < -0.4 is 15.4 Å². The van der Waals surface area contributed by atoms with Gasteiger partial charge in [-0.25, -0.2) is 8.42 Å². The van der Waals surface area contributed by atoms with E-state index in [2.05, 4.69) is 20.3 Å². The molecule has 148 valence electrons. The molecule has 3 aromatic rings. The third-order valence-electron chi connectivity index (χ3n) is 3.75. The molecular weight excluding hydrogens is 392 g/mol. The van der Waals surface area contributed by atoms with E-state index in [1.54, 1.807) is 66.7 Å². The molecule has 0 saturated carbocycles. The number of sulfonamides is 1. The zero-order chi connectivity index (χ0) is 20.9. The quantitative estimate of drug-likeness (QED) is 0.578. The second-order valence-corrected chi connectivity index (χ2v) is 7.90. The number of nitrogens with zero attached hydrogens (tertiary/aromatic N) is 1. The van der Waals surface area contributed by atoms with Crippen molar-refractivity contribution >= 4 is 38.9 Å². The second kappa shape index (κ2) is 8.53. The minimum atomic E-state index is -3.36. The van der Waals surface area contributed by atoms with Gasteiger partial charge in [0.1, 0.15) is 5.69 Å². The van der Waals surface area contributed by atoms with Crippen molar-refractivity contribution in [1.82, 2.24) is 4.98 Å². The predicted molar refractivity (Wildman–Crippen MR) is 111 cm³/mol. The van der Waals surface area contributed by atoms with E-state index in [1.165, 1.54) is 6.20 Å². The van der Waals surface area contributed by atoms with Gasteiger partial charge in [0.05, 0.1) is 6.26 Å². The summed E-state index contributed by atoms with van der Waals surface area (Å²) in [6.45, 7) is 0. The van der Waals surface area contributed by atoms with E-state index in [-0.39, 0.29) is 11.8 Å². The van der Waals surface area contributed by atoms with Crippen LogP contribution in [0.15, 0.2) is 72.9 Å². The summed E-state index contributed by atoms with van der Waals surface area (Å²) in [7, 11) is -3.36. The van der Waals surface area contributed by atoms with E-state index < -0.39 is 10.0 Å². The van der Waals surface area contributed by atoms with Crippen LogP contribution in [0.4, 0.5) is 17.1 Å². The SMILES string of the molecule is CS(=O)(=O)Nc1ccc(NC(=O)c2ccc(NC(=O)c3ccccn3)cc2)cc1. The molecule has 0 unspecified atom stereocenters. The molecule has 0 aliphatic rings. The van der Waals surface area contributed by atoms with Crippen molar-refractivity contribution in [3.63, 3.8) is 0 Å². The summed E-state index contributed by atoms with van der Waals surface area (Å²) in [5, 5.41) is 5.43. The molecule has 8 nitrogen and oxygen atoms in total. The third-order valence-corrected chi connectivity index (χ3v) is 4.35. The Labute approximate surface area is 168 Å². The van der Waals surface area contributed by atoms with Gasteiger partial charge in [-0.2, -0.15) is 0 Å². The Bertz CT molecular complexity index is 1110. The first-order chi connectivity index (χ1) is 13.8. The van der Waals surface area contributed by atoms with Crippen LogP contribution in [-0.4, -0.2) is 31.5 Å². The molecular formula is C20H18N4O4S. The molecule has 9 heteroatoms. The number of pyridine rings is 1. The van der Waals surface area contributed by atoms with Crippen LogP contribution in [-0.2, 0) is 10.0 Å². The lowest BCUT2D eigenvalue weighted by Crippen LogP contribution is -2.14. The van der Waals surface area contributed by atoms with Crippen LogP contribution in [0.1, 0.15) is 20.8 Å². The molecule has 0 aliphatic heterocycles. The fourth-order valence-electron chi connectivity index (χ4n) is 2.44. The van der Waals surface area contributed by atoms with Crippen molar-refractivity contribution in [2.24, 2.45) is 0 Å². The van der Waals surface area contributed by atoms with Gasteiger partial charge in [0.25, 0.3) is 11.8 Å². The second-order valence-electron chi connectivity index (χ2n) is 6.15. The molecule has 2 amide bonds. The zero-order valence-electron chi connectivity index (χ0n) is 15.4. The summed E-state index contributed by atoms with van der Waals surface area (Å²) in [5.74, 6) is -0.679. The maximum absolute atomic E-state index is 12.4. The average Bonchev–Trinajstić information content (AvgIpc) is 2.69. The van der Waals surface area contributed by atoms with Gasteiger partial charge in [-0.3, -0.25) is 19.3 Å². The van der Waals surface area contributed by atoms with Gasteiger partial charge in [0.15, 0.2) is 0 Å². The molecule has 1 heterocycles. The first-order valence-electron chi connectivity index (χ1n) is 8.52. The van der Waals surface area contributed by atoms with Gasteiger partial charge in [-0.05, 0) is 60.7 Å². The van der Waals surface area contributed by atoms with Crippen LogP contribution in [0.25, 0.3) is 0 Å². The lowest BCUT2D eigenvalue weighted by atomic mass is 10.2. The number of anilines is 3. The number of carbonyl (C=O) groups excluding carboxylic acids is 2. The van der Waals surface area contributed by atoms with E-state index in [1.807, 2.05) is 0 Å². The molecule has 0 spiro atoms. The van der Waals surface area contributed by atoms with Crippen LogP contribution in [0.5, 0.6) is 0 Å². The molecule has 0 saturated heterocycles. The van der Waals surface area contributed by atoms with Crippen molar-refractivity contribution in [3.05, 3.63) is 84.2 Å². The Morgan fingerprint density at radius 1 is 0.759 bits per heavy atom. The number of rotatable bonds is 6. The molecule has 0 radical (unpaired) electrons. The van der Waals surface area contributed by atoms with Gasteiger partial charge < -0.3 is 10.6 Å². The van der Waals surface area contributed by atoms with E-state index in [0.717, 1.165) is 6.26 Å². The topological polar surface area (TPSA) is 117 Å². The average molecular weight is 410 g/mol. The number of carbonyl (C=O) groups is 2. The van der Waals surface area contributed by atoms with E-state index >= 15 is 0 Å². The summed E-state index contributed by atoms with van der Waals surface area (Å²) in [6, 6.07) is 17.7. The molecule has 0 fully saturated rings. The minimum Gasteiger partial charge on any atom is -0.322 e. The van der Waals surface area contributed by atoms with Gasteiger partial charge in [0, 0.05) is 28.8 Å². The maximum Gasteiger partial charge on any atom is 0.274 e. The summed E-state index contributed by atoms with van der Waals surface area (Å²) in [6.07, 6.45) is 2.59. The Morgan fingerprint density at radius 3 is 1.86 bits per heavy atom. The van der Waals surface area contributed by atoms with Crippen LogP contribution in [0.3, 0.4) is 0 Å². The summed E-state index contributed by atoms with van der Waals surface area (Å²) in [4.78, 5) is 28.4. The largest absolute Gasteiger partial charge is 0.322 e. The maximum atomic E-state index is 12.4. The minimum absolute atomic E-state index is 0.295. The fraction of sp³-hybridized carbons (Fsp3) is 0.0500. The van der Waals surface area contributed by atoms with Crippen molar-refractivity contribution < 1.29 is 18.0 Å². The number of nitrogens with one attached hydrogen (secondary N) is 3. The normalized spacial score (nSPS) is 10.8. The number of hydrogen-bond donors (Lipinski definition) is 3. The molecule has 2 aromatic carbocycles. The van der Waals surface area contributed by atoms with Crippen LogP contribution in [0.2, 0.25) is 0 Å². The van der Waals surface area contributed by atoms with Crippen LogP contribution in [0, 0.1) is 0 Å². The lowest BCUT2D eigenvalue weighted by Gasteiger charge is -2.09. The summed E-state index contributed by atoms with van der Waals surface area (Å²) in [5.41, 5.74) is 2.15. The van der Waals surface area contributed by atoms with Gasteiger partial charge in [-0.15, -0.1) is 0 Å². The smallest absolute Gasteiger partial charge is 0.274 e. The molecule has 0 bridgehead atoms. The highest BCUT2D eigenvalue weighted by molar-refractivity contribution is 7.92. The Kier molecular flexibility index (Phi) is 5.89. The third kappa shape index (κ3) is 5.88.